The van der Waals surface area contributed by atoms with Crippen LogP contribution in [0, 0.1) is 6.92 Å². The van der Waals surface area contributed by atoms with E-state index in [0.717, 1.165) is 12.2 Å². The minimum Gasteiger partial charge on any atom is -0.351 e. The molecule has 1 atom stereocenters. The number of nitrogens with one attached hydrogen (secondary N) is 1. The van der Waals surface area contributed by atoms with Crippen molar-refractivity contribution in [2.45, 2.75) is 38.0 Å². The van der Waals surface area contributed by atoms with Gasteiger partial charge in [-0.15, -0.1) is 11.8 Å². The summed E-state index contributed by atoms with van der Waals surface area (Å²) in [6, 6.07) is 8.28. The minimum absolute atomic E-state index is 0.175. The van der Waals surface area contributed by atoms with Crippen LogP contribution in [0.1, 0.15) is 30.4 Å². The number of hydrogen-bond donors (Lipinski definition) is 1. The normalized spacial score (nSPS) is 19.9. The van der Waals surface area contributed by atoms with E-state index in [9.17, 15) is 4.79 Å². The van der Waals surface area contributed by atoms with E-state index in [-0.39, 0.29) is 11.2 Å². The number of carbonyl (C=O) groups excluding carboxylic acids is 1. The van der Waals surface area contributed by atoms with Gasteiger partial charge in [-0.05, 0) is 31.1 Å². The number of aryl methyl sites for hydroxylation is 1. The fraction of sp³-hybridized carbons (Fsp3) is 0.500. The lowest BCUT2D eigenvalue weighted by molar-refractivity contribution is -0.120. The standard InChI is InChI=1S/C14H19NOS/c1-11-5-4-6-12(9-11)10-15-14(16)13-7-2-3-8-17-13/h4-6,9,13H,2-3,7-8,10H2,1H3,(H,15,16). The van der Waals surface area contributed by atoms with Gasteiger partial charge >= 0.3 is 0 Å². The molecule has 0 saturated carbocycles. The molecule has 1 aliphatic rings. The van der Waals surface area contributed by atoms with Crippen LogP contribution in [0.2, 0.25) is 0 Å². The van der Waals surface area contributed by atoms with Crippen LogP contribution in [0.15, 0.2) is 24.3 Å². The number of amides is 1. The van der Waals surface area contributed by atoms with Gasteiger partial charge in [0.25, 0.3) is 0 Å². The second kappa shape index (κ2) is 6.10. The average Bonchev–Trinajstić information content (AvgIpc) is 2.37. The van der Waals surface area contributed by atoms with Crippen molar-refractivity contribution in [2.24, 2.45) is 0 Å². The van der Waals surface area contributed by atoms with Gasteiger partial charge in [0.2, 0.25) is 5.91 Å². The first-order chi connectivity index (χ1) is 8.25. The maximum Gasteiger partial charge on any atom is 0.233 e. The van der Waals surface area contributed by atoms with Crippen molar-refractivity contribution >= 4 is 17.7 Å². The molecular formula is C14H19NOS. The van der Waals surface area contributed by atoms with Crippen LogP contribution in [0.4, 0.5) is 0 Å². The Morgan fingerprint density at radius 1 is 1.47 bits per heavy atom. The molecule has 92 valence electrons. The first-order valence-corrected chi connectivity index (χ1v) is 7.25. The molecule has 2 rings (SSSR count). The molecule has 1 aromatic rings. The summed E-state index contributed by atoms with van der Waals surface area (Å²) in [5, 5.41) is 3.21. The van der Waals surface area contributed by atoms with E-state index >= 15 is 0 Å². The molecule has 1 saturated heterocycles. The van der Waals surface area contributed by atoms with Crippen molar-refractivity contribution in [3.05, 3.63) is 35.4 Å². The quantitative estimate of drug-likeness (QED) is 0.892. The Kier molecular flexibility index (Phi) is 4.49. The predicted molar refractivity (Wildman–Crippen MR) is 73.1 cm³/mol. The Bertz CT molecular complexity index is 386. The van der Waals surface area contributed by atoms with Gasteiger partial charge in [-0.3, -0.25) is 4.79 Å². The van der Waals surface area contributed by atoms with E-state index in [1.807, 2.05) is 6.07 Å². The lowest BCUT2D eigenvalue weighted by Crippen LogP contribution is -2.33. The molecular weight excluding hydrogens is 230 g/mol. The molecule has 1 heterocycles. The Morgan fingerprint density at radius 3 is 3.06 bits per heavy atom. The monoisotopic (exact) mass is 249 g/mol. The van der Waals surface area contributed by atoms with Crippen molar-refractivity contribution in [2.75, 3.05) is 5.75 Å². The second-order valence-corrected chi connectivity index (χ2v) is 5.87. The van der Waals surface area contributed by atoms with Gasteiger partial charge in [-0.1, -0.05) is 36.2 Å². The molecule has 0 bridgehead atoms. The molecule has 1 amide bonds. The van der Waals surface area contributed by atoms with Crippen LogP contribution in [-0.4, -0.2) is 16.9 Å². The highest BCUT2D eigenvalue weighted by molar-refractivity contribution is 8.00. The summed E-state index contributed by atoms with van der Waals surface area (Å²) in [7, 11) is 0. The Labute approximate surface area is 107 Å². The zero-order valence-electron chi connectivity index (χ0n) is 10.2. The molecule has 17 heavy (non-hydrogen) atoms. The molecule has 0 radical (unpaired) electrons. The van der Waals surface area contributed by atoms with E-state index in [0.29, 0.717) is 6.54 Å². The van der Waals surface area contributed by atoms with Gasteiger partial charge in [0.05, 0.1) is 5.25 Å². The van der Waals surface area contributed by atoms with E-state index < -0.39 is 0 Å². The molecule has 0 spiro atoms. The highest BCUT2D eigenvalue weighted by atomic mass is 32.2. The zero-order valence-corrected chi connectivity index (χ0v) is 11.1. The highest BCUT2D eigenvalue weighted by Crippen LogP contribution is 2.25. The van der Waals surface area contributed by atoms with Gasteiger partial charge in [0, 0.05) is 6.54 Å². The molecule has 1 aromatic carbocycles. The van der Waals surface area contributed by atoms with Gasteiger partial charge in [-0.25, -0.2) is 0 Å². The SMILES string of the molecule is Cc1cccc(CNC(=O)C2CCCCS2)c1. The van der Waals surface area contributed by atoms with Crippen molar-refractivity contribution in [3.63, 3.8) is 0 Å². The maximum absolute atomic E-state index is 11.9. The summed E-state index contributed by atoms with van der Waals surface area (Å²) >= 11 is 1.80. The summed E-state index contributed by atoms with van der Waals surface area (Å²) in [6.45, 7) is 2.72. The largest absolute Gasteiger partial charge is 0.351 e. The van der Waals surface area contributed by atoms with Crippen LogP contribution in [-0.2, 0) is 11.3 Å². The molecule has 3 heteroatoms. The van der Waals surface area contributed by atoms with E-state index in [4.69, 9.17) is 0 Å². The maximum atomic E-state index is 11.9. The lowest BCUT2D eigenvalue weighted by Gasteiger charge is -2.20. The third kappa shape index (κ3) is 3.77. The lowest BCUT2D eigenvalue weighted by atomic mass is 10.1. The molecule has 0 aromatic heterocycles. The van der Waals surface area contributed by atoms with E-state index in [1.54, 1.807) is 11.8 Å². The summed E-state index contributed by atoms with van der Waals surface area (Å²) in [5.74, 6) is 1.33. The van der Waals surface area contributed by atoms with Crippen LogP contribution in [0.5, 0.6) is 0 Å². The fourth-order valence-electron chi connectivity index (χ4n) is 2.07. The summed E-state index contributed by atoms with van der Waals surface area (Å²) in [4.78, 5) is 11.9. The van der Waals surface area contributed by atoms with Crippen LogP contribution < -0.4 is 5.32 Å². The first kappa shape index (κ1) is 12.5. The Hall–Kier alpha value is -0.960. The average molecular weight is 249 g/mol. The van der Waals surface area contributed by atoms with Crippen molar-refractivity contribution in [1.82, 2.24) is 5.32 Å². The highest BCUT2D eigenvalue weighted by Gasteiger charge is 2.21. The van der Waals surface area contributed by atoms with Crippen LogP contribution in [0.3, 0.4) is 0 Å². The summed E-state index contributed by atoms with van der Waals surface area (Å²) < 4.78 is 0. The molecule has 1 aliphatic heterocycles. The van der Waals surface area contributed by atoms with Crippen LogP contribution in [0.25, 0.3) is 0 Å². The van der Waals surface area contributed by atoms with Crippen molar-refractivity contribution < 1.29 is 4.79 Å². The van der Waals surface area contributed by atoms with Crippen molar-refractivity contribution in [3.8, 4) is 0 Å². The minimum atomic E-state index is 0.175. The Morgan fingerprint density at radius 2 is 2.35 bits per heavy atom. The number of hydrogen-bond acceptors (Lipinski definition) is 2. The third-order valence-electron chi connectivity index (χ3n) is 3.02. The topological polar surface area (TPSA) is 29.1 Å². The number of carbonyl (C=O) groups is 1. The number of thioether (sulfide) groups is 1. The number of rotatable bonds is 3. The molecule has 2 nitrogen and oxygen atoms in total. The number of benzene rings is 1. The summed E-state index contributed by atoms with van der Waals surface area (Å²) in [5.41, 5.74) is 2.42. The molecule has 1 N–H and O–H groups in total. The molecule has 1 unspecified atom stereocenters. The van der Waals surface area contributed by atoms with Gasteiger partial charge in [0.1, 0.15) is 0 Å². The fourth-order valence-corrected chi connectivity index (χ4v) is 3.30. The Balaban J connectivity index is 1.83. The molecule has 1 fully saturated rings. The van der Waals surface area contributed by atoms with Gasteiger partial charge < -0.3 is 5.32 Å². The predicted octanol–water partition coefficient (Wildman–Crippen LogP) is 2.90. The summed E-state index contributed by atoms with van der Waals surface area (Å²) in [6.07, 6.45) is 3.48. The van der Waals surface area contributed by atoms with Gasteiger partial charge in [0.15, 0.2) is 0 Å². The smallest absolute Gasteiger partial charge is 0.233 e. The van der Waals surface area contributed by atoms with E-state index in [1.165, 1.54) is 24.0 Å². The second-order valence-electron chi connectivity index (χ2n) is 4.56. The van der Waals surface area contributed by atoms with E-state index in [2.05, 4.69) is 30.4 Å². The van der Waals surface area contributed by atoms with Gasteiger partial charge in [-0.2, -0.15) is 0 Å². The third-order valence-corrected chi connectivity index (χ3v) is 4.40. The van der Waals surface area contributed by atoms with Crippen LogP contribution >= 0.6 is 11.8 Å². The molecule has 0 aliphatic carbocycles. The van der Waals surface area contributed by atoms with Crippen molar-refractivity contribution in [1.29, 1.82) is 0 Å². The first-order valence-electron chi connectivity index (χ1n) is 6.20. The zero-order chi connectivity index (χ0) is 12.1.